The van der Waals surface area contributed by atoms with E-state index in [1.54, 1.807) is 18.1 Å². The molecule has 2 rings (SSSR count). The highest BCUT2D eigenvalue weighted by molar-refractivity contribution is 9.09. The lowest BCUT2D eigenvalue weighted by Gasteiger charge is -2.17. The lowest BCUT2D eigenvalue weighted by atomic mass is 10.2. The van der Waals surface area contributed by atoms with E-state index in [9.17, 15) is 0 Å². The van der Waals surface area contributed by atoms with Gasteiger partial charge in [-0.2, -0.15) is 0 Å². The molecule has 0 saturated carbocycles. The fourth-order valence-corrected chi connectivity index (χ4v) is 2.69. The minimum absolute atomic E-state index is 0.762. The third-order valence-electron chi connectivity index (χ3n) is 2.66. The van der Waals surface area contributed by atoms with Crippen LogP contribution >= 0.6 is 27.7 Å². The molecule has 82 valence electrons. The lowest BCUT2D eigenvalue weighted by molar-refractivity contribution is 0.675. The van der Waals surface area contributed by atoms with Crippen LogP contribution in [0.1, 0.15) is 6.42 Å². The van der Waals surface area contributed by atoms with E-state index >= 15 is 0 Å². The fourth-order valence-electron chi connectivity index (χ4n) is 1.78. The Hall–Kier alpha value is -0.290. The van der Waals surface area contributed by atoms with Crippen LogP contribution in [0.15, 0.2) is 17.4 Å². The Morgan fingerprint density at radius 3 is 3.13 bits per heavy atom. The average Bonchev–Trinajstić information content (AvgIpc) is 2.78. The molecule has 2 heterocycles. The summed E-state index contributed by atoms with van der Waals surface area (Å²) < 4.78 is 0. The Morgan fingerprint density at radius 2 is 2.47 bits per heavy atom. The summed E-state index contributed by atoms with van der Waals surface area (Å²) in [6.07, 6.45) is 4.95. The smallest absolute Gasteiger partial charge is 0.133 e. The van der Waals surface area contributed by atoms with Crippen molar-refractivity contribution in [2.45, 2.75) is 11.4 Å². The molecule has 1 aliphatic rings. The average molecular weight is 288 g/mol. The Bertz CT molecular complexity index is 334. The second-order valence-electron chi connectivity index (χ2n) is 3.67. The number of alkyl halides is 1. The zero-order valence-electron chi connectivity index (χ0n) is 8.69. The summed E-state index contributed by atoms with van der Waals surface area (Å²) in [4.78, 5) is 10.8. The van der Waals surface area contributed by atoms with Crippen LogP contribution in [0.2, 0.25) is 0 Å². The SMILES string of the molecule is CSc1cc(N2CCC(CBr)C2)ncn1. The molecular weight excluding hydrogens is 274 g/mol. The Balaban J connectivity index is 2.09. The number of nitrogens with zero attached hydrogens (tertiary/aromatic N) is 3. The van der Waals surface area contributed by atoms with Gasteiger partial charge in [0.15, 0.2) is 0 Å². The van der Waals surface area contributed by atoms with Gasteiger partial charge in [-0.1, -0.05) is 15.9 Å². The van der Waals surface area contributed by atoms with Crippen molar-refractivity contribution in [3.63, 3.8) is 0 Å². The van der Waals surface area contributed by atoms with E-state index in [2.05, 4.69) is 36.9 Å². The summed E-state index contributed by atoms with van der Waals surface area (Å²) in [7, 11) is 0. The van der Waals surface area contributed by atoms with Gasteiger partial charge in [0, 0.05) is 24.5 Å². The van der Waals surface area contributed by atoms with Gasteiger partial charge >= 0.3 is 0 Å². The van der Waals surface area contributed by atoms with Crippen LogP contribution in [-0.4, -0.2) is 34.6 Å². The number of aromatic nitrogens is 2. The Kier molecular flexibility index (Phi) is 3.86. The second-order valence-corrected chi connectivity index (χ2v) is 5.15. The predicted octanol–water partition coefficient (Wildman–Crippen LogP) is 2.42. The molecule has 0 amide bonds. The van der Waals surface area contributed by atoms with Crippen LogP contribution in [0.3, 0.4) is 0 Å². The molecule has 5 heteroatoms. The minimum atomic E-state index is 0.762. The first-order chi connectivity index (χ1) is 7.33. The van der Waals surface area contributed by atoms with Crippen LogP contribution in [0.5, 0.6) is 0 Å². The summed E-state index contributed by atoms with van der Waals surface area (Å²) in [5, 5.41) is 2.13. The van der Waals surface area contributed by atoms with Gasteiger partial charge in [0.05, 0.1) is 0 Å². The number of anilines is 1. The molecule has 15 heavy (non-hydrogen) atoms. The molecule has 0 aromatic carbocycles. The van der Waals surface area contributed by atoms with E-state index in [0.29, 0.717) is 0 Å². The van der Waals surface area contributed by atoms with Crippen LogP contribution in [0, 0.1) is 5.92 Å². The molecule has 1 aliphatic heterocycles. The van der Waals surface area contributed by atoms with Crippen molar-refractivity contribution in [2.24, 2.45) is 5.92 Å². The first-order valence-electron chi connectivity index (χ1n) is 5.00. The molecule has 0 bridgehead atoms. The van der Waals surface area contributed by atoms with E-state index < -0.39 is 0 Å². The molecule has 1 saturated heterocycles. The van der Waals surface area contributed by atoms with E-state index in [1.807, 2.05) is 6.26 Å². The number of hydrogen-bond donors (Lipinski definition) is 0. The van der Waals surface area contributed by atoms with Gasteiger partial charge in [0.1, 0.15) is 17.2 Å². The third kappa shape index (κ3) is 2.64. The van der Waals surface area contributed by atoms with Crippen molar-refractivity contribution in [3.8, 4) is 0 Å². The van der Waals surface area contributed by atoms with Crippen LogP contribution in [-0.2, 0) is 0 Å². The largest absolute Gasteiger partial charge is 0.356 e. The van der Waals surface area contributed by atoms with Crippen molar-refractivity contribution in [1.82, 2.24) is 9.97 Å². The van der Waals surface area contributed by atoms with E-state index in [4.69, 9.17) is 0 Å². The van der Waals surface area contributed by atoms with Gasteiger partial charge in [-0.25, -0.2) is 9.97 Å². The van der Waals surface area contributed by atoms with Crippen molar-refractivity contribution in [2.75, 3.05) is 29.6 Å². The first kappa shape index (κ1) is 11.2. The molecule has 1 aromatic rings. The van der Waals surface area contributed by atoms with E-state index in [0.717, 1.165) is 35.2 Å². The van der Waals surface area contributed by atoms with Gasteiger partial charge < -0.3 is 4.90 Å². The Labute approximate surface area is 103 Å². The second kappa shape index (κ2) is 5.16. The first-order valence-corrected chi connectivity index (χ1v) is 7.35. The number of thioether (sulfide) groups is 1. The molecule has 0 aliphatic carbocycles. The highest BCUT2D eigenvalue weighted by atomic mass is 79.9. The highest BCUT2D eigenvalue weighted by Gasteiger charge is 2.22. The summed E-state index contributed by atoms with van der Waals surface area (Å²) in [5.74, 6) is 1.83. The lowest BCUT2D eigenvalue weighted by Crippen LogP contribution is -2.21. The molecule has 0 spiro atoms. The van der Waals surface area contributed by atoms with Gasteiger partial charge in [-0.05, 0) is 18.6 Å². The monoisotopic (exact) mass is 287 g/mol. The zero-order chi connectivity index (χ0) is 10.7. The van der Waals surface area contributed by atoms with E-state index in [1.165, 1.54) is 6.42 Å². The molecule has 1 unspecified atom stereocenters. The van der Waals surface area contributed by atoms with Crippen molar-refractivity contribution in [1.29, 1.82) is 0 Å². The summed E-state index contributed by atoms with van der Waals surface area (Å²) >= 11 is 5.20. The maximum Gasteiger partial charge on any atom is 0.133 e. The van der Waals surface area contributed by atoms with Crippen molar-refractivity contribution in [3.05, 3.63) is 12.4 Å². The van der Waals surface area contributed by atoms with Crippen LogP contribution in [0.4, 0.5) is 5.82 Å². The number of rotatable bonds is 3. The normalized spacial score (nSPS) is 20.9. The molecule has 0 radical (unpaired) electrons. The molecular formula is C10H14BrN3S. The summed E-state index contributed by atoms with van der Waals surface area (Å²) in [6, 6.07) is 2.07. The molecule has 0 N–H and O–H groups in total. The van der Waals surface area contributed by atoms with Crippen molar-refractivity contribution < 1.29 is 0 Å². The topological polar surface area (TPSA) is 29.0 Å². The Morgan fingerprint density at radius 1 is 1.60 bits per heavy atom. The quantitative estimate of drug-likeness (QED) is 0.485. The van der Waals surface area contributed by atoms with Crippen molar-refractivity contribution >= 4 is 33.5 Å². The summed E-state index contributed by atoms with van der Waals surface area (Å²) in [5.41, 5.74) is 0. The van der Waals surface area contributed by atoms with Crippen LogP contribution in [0.25, 0.3) is 0 Å². The maximum atomic E-state index is 4.32. The molecule has 3 nitrogen and oxygen atoms in total. The van der Waals surface area contributed by atoms with Gasteiger partial charge in [0.25, 0.3) is 0 Å². The van der Waals surface area contributed by atoms with E-state index in [-0.39, 0.29) is 0 Å². The minimum Gasteiger partial charge on any atom is -0.356 e. The van der Waals surface area contributed by atoms with Gasteiger partial charge in [-0.3, -0.25) is 0 Å². The predicted molar refractivity (Wildman–Crippen MR) is 67.9 cm³/mol. The third-order valence-corrected chi connectivity index (χ3v) is 4.22. The highest BCUT2D eigenvalue weighted by Crippen LogP contribution is 2.24. The molecule has 1 fully saturated rings. The van der Waals surface area contributed by atoms with Gasteiger partial charge in [0.2, 0.25) is 0 Å². The zero-order valence-corrected chi connectivity index (χ0v) is 11.1. The standard InChI is InChI=1S/C10H14BrN3S/c1-15-10-4-9(12-7-13-10)14-3-2-8(5-11)6-14/h4,7-8H,2-3,5-6H2,1H3. The van der Waals surface area contributed by atoms with Gasteiger partial charge in [-0.15, -0.1) is 11.8 Å². The molecule has 1 aromatic heterocycles. The van der Waals surface area contributed by atoms with Crippen LogP contribution < -0.4 is 4.90 Å². The maximum absolute atomic E-state index is 4.32. The molecule has 1 atom stereocenters. The fraction of sp³-hybridized carbons (Fsp3) is 0.600. The number of hydrogen-bond acceptors (Lipinski definition) is 4. The number of halogens is 1. The summed E-state index contributed by atoms with van der Waals surface area (Å²) in [6.45, 7) is 2.22.